The average Bonchev–Trinajstić information content (AvgIpc) is 3.17. The molecular weight excluding hydrogens is 240 g/mol. The number of H-pyrrole nitrogens is 1. The quantitative estimate of drug-likeness (QED) is 0.775. The third-order valence-corrected chi connectivity index (χ3v) is 3.98. The van der Waals surface area contributed by atoms with E-state index in [4.69, 9.17) is 5.73 Å². The summed E-state index contributed by atoms with van der Waals surface area (Å²) >= 11 is 0. The van der Waals surface area contributed by atoms with E-state index >= 15 is 0 Å². The Morgan fingerprint density at radius 3 is 3.05 bits per heavy atom. The highest BCUT2D eigenvalue weighted by Crippen LogP contribution is 2.39. The van der Waals surface area contributed by atoms with Crippen LogP contribution < -0.4 is 11.1 Å². The van der Waals surface area contributed by atoms with Crippen molar-refractivity contribution in [1.29, 1.82) is 0 Å². The van der Waals surface area contributed by atoms with E-state index in [1.807, 2.05) is 19.1 Å². The largest absolute Gasteiger partial charge is 0.345 e. The highest BCUT2D eigenvalue weighted by molar-refractivity contribution is 5.97. The van der Waals surface area contributed by atoms with Crippen molar-refractivity contribution in [1.82, 2.24) is 15.3 Å². The van der Waals surface area contributed by atoms with E-state index in [1.54, 1.807) is 12.4 Å². The molecule has 1 heterocycles. The molecule has 1 saturated carbocycles. The van der Waals surface area contributed by atoms with Crippen LogP contribution in [0.3, 0.4) is 0 Å². The fourth-order valence-corrected chi connectivity index (χ4v) is 2.45. The van der Waals surface area contributed by atoms with E-state index in [2.05, 4.69) is 15.3 Å². The van der Waals surface area contributed by atoms with Gasteiger partial charge < -0.3 is 16.0 Å². The van der Waals surface area contributed by atoms with Gasteiger partial charge >= 0.3 is 0 Å². The van der Waals surface area contributed by atoms with Gasteiger partial charge in [0.15, 0.2) is 0 Å². The molecule has 0 radical (unpaired) electrons. The Labute approximate surface area is 111 Å². The molecule has 3 rings (SSSR count). The van der Waals surface area contributed by atoms with Crippen LogP contribution in [0.15, 0.2) is 24.5 Å². The lowest BCUT2D eigenvalue weighted by Gasteiger charge is -2.29. The number of carbonyl (C=O) groups is 1. The second-order valence-corrected chi connectivity index (χ2v) is 5.48. The Morgan fingerprint density at radius 1 is 1.58 bits per heavy atom. The van der Waals surface area contributed by atoms with Crippen molar-refractivity contribution >= 4 is 16.9 Å². The summed E-state index contributed by atoms with van der Waals surface area (Å²) in [5.74, 6) is 0.439. The number of aromatic amines is 1. The monoisotopic (exact) mass is 258 g/mol. The first-order valence-electron chi connectivity index (χ1n) is 6.58. The van der Waals surface area contributed by atoms with Crippen molar-refractivity contribution < 1.29 is 4.79 Å². The molecular formula is C14H18N4O. The summed E-state index contributed by atoms with van der Waals surface area (Å²) in [5.41, 5.74) is 7.89. The van der Waals surface area contributed by atoms with Crippen LogP contribution in [0.4, 0.5) is 0 Å². The topological polar surface area (TPSA) is 83.8 Å². The van der Waals surface area contributed by atoms with Crippen LogP contribution in [0.5, 0.6) is 0 Å². The number of rotatable bonds is 4. The molecule has 2 aromatic rings. The SMILES string of the molecule is CC(CN)(NC(=O)c1ccc2nc[nH]c2c1)C1CC1. The molecule has 1 aliphatic carbocycles. The summed E-state index contributed by atoms with van der Waals surface area (Å²) < 4.78 is 0. The highest BCUT2D eigenvalue weighted by Gasteiger charge is 2.41. The lowest BCUT2D eigenvalue weighted by molar-refractivity contribution is 0.0898. The second kappa shape index (κ2) is 4.35. The van der Waals surface area contributed by atoms with Crippen molar-refractivity contribution in [3.8, 4) is 0 Å². The fraction of sp³-hybridized carbons (Fsp3) is 0.429. The van der Waals surface area contributed by atoms with Gasteiger partial charge in [0.25, 0.3) is 5.91 Å². The maximum absolute atomic E-state index is 12.3. The van der Waals surface area contributed by atoms with Gasteiger partial charge in [-0.05, 0) is 43.9 Å². The van der Waals surface area contributed by atoms with Gasteiger partial charge in [-0.1, -0.05) is 0 Å². The fourth-order valence-electron chi connectivity index (χ4n) is 2.45. The van der Waals surface area contributed by atoms with E-state index in [1.165, 1.54) is 0 Å². The molecule has 100 valence electrons. The number of nitrogens with one attached hydrogen (secondary N) is 2. The smallest absolute Gasteiger partial charge is 0.251 e. The van der Waals surface area contributed by atoms with Crippen molar-refractivity contribution in [3.63, 3.8) is 0 Å². The van der Waals surface area contributed by atoms with Gasteiger partial charge in [0.1, 0.15) is 0 Å². The first-order valence-corrected chi connectivity index (χ1v) is 6.58. The van der Waals surface area contributed by atoms with Crippen molar-refractivity contribution in [2.45, 2.75) is 25.3 Å². The summed E-state index contributed by atoms with van der Waals surface area (Å²) in [6, 6.07) is 5.46. The van der Waals surface area contributed by atoms with E-state index in [9.17, 15) is 4.79 Å². The van der Waals surface area contributed by atoms with E-state index < -0.39 is 0 Å². The van der Waals surface area contributed by atoms with Gasteiger partial charge in [0.05, 0.1) is 22.9 Å². The number of imidazole rings is 1. The summed E-state index contributed by atoms with van der Waals surface area (Å²) in [6.07, 6.45) is 3.92. The maximum Gasteiger partial charge on any atom is 0.251 e. The van der Waals surface area contributed by atoms with Crippen LogP contribution in [0.1, 0.15) is 30.1 Å². The number of nitrogens with zero attached hydrogens (tertiary/aromatic N) is 1. The molecule has 5 heteroatoms. The molecule has 19 heavy (non-hydrogen) atoms. The number of carbonyl (C=O) groups excluding carboxylic acids is 1. The molecule has 1 fully saturated rings. The van der Waals surface area contributed by atoms with Crippen molar-refractivity contribution in [3.05, 3.63) is 30.1 Å². The van der Waals surface area contributed by atoms with Crippen LogP contribution in [0.2, 0.25) is 0 Å². The molecule has 1 unspecified atom stereocenters. The third kappa shape index (κ3) is 2.21. The normalized spacial score (nSPS) is 18.2. The minimum atomic E-state index is -0.292. The number of hydrogen-bond donors (Lipinski definition) is 3. The highest BCUT2D eigenvalue weighted by atomic mass is 16.1. The zero-order chi connectivity index (χ0) is 13.5. The van der Waals surface area contributed by atoms with E-state index in [0.717, 1.165) is 23.9 Å². The molecule has 1 atom stereocenters. The lowest BCUT2D eigenvalue weighted by Crippen LogP contribution is -2.53. The Bertz CT molecular complexity index is 617. The van der Waals surface area contributed by atoms with Crippen LogP contribution in [0, 0.1) is 5.92 Å². The van der Waals surface area contributed by atoms with Gasteiger partial charge in [0.2, 0.25) is 0 Å². The third-order valence-electron chi connectivity index (χ3n) is 3.98. The van der Waals surface area contributed by atoms with Gasteiger partial charge in [-0.2, -0.15) is 0 Å². The summed E-state index contributed by atoms with van der Waals surface area (Å²) in [7, 11) is 0. The Morgan fingerprint density at radius 2 is 2.37 bits per heavy atom. The van der Waals surface area contributed by atoms with Crippen LogP contribution in [-0.2, 0) is 0 Å². The van der Waals surface area contributed by atoms with Gasteiger partial charge in [0, 0.05) is 12.1 Å². The Balaban J connectivity index is 1.82. The van der Waals surface area contributed by atoms with Crippen LogP contribution in [0.25, 0.3) is 11.0 Å². The van der Waals surface area contributed by atoms with E-state index in [0.29, 0.717) is 18.0 Å². The van der Waals surface area contributed by atoms with Crippen molar-refractivity contribution in [2.75, 3.05) is 6.54 Å². The van der Waals surface area contributed by atoms with Gasteiger partial charge in [-0.15, -0.1) is 0 Å². The van der Waals surface area contributed by atoms with Crippen molar-refractivity contribution in [2.24, 2.45) is 11.7 Å². The molecule has 0 bridgehead atoms. The molecule has 5 nitrogen and oxygen atoms in total. The Hall–Kier alpha value is -1.88. The molecule has 1 aromatic heterocycles. The zero-order valence-corrected chi connectivity index (χ0v) is 10.9. The average molecular weight is 258 g/mol. The number of benzene rings is 1. The molecule has 0 spiro atoms. The van der Waals surface area contributed by atoms with Gasteiger partial charge in [-0.25, -0.2) is 4.98 Å². The maximum atomic E-state index is 12.3. The summed E-state index contributed by atoms with van der Waals surface area (Å²) in [6.45, 7) is 2.49. The van der Waals surface area contributed by atoms with Gasteiger partial charge in [-0.3, -0.25) is 4.79 Å². The number of amides is 1. The number of fused-ring (bicyclic) bond motifs is 1. The van der Waals surface area contributed by atoms with Crippen LogP contribution >= 0.6 is 0 Å². The summed E-state index contributed by atoms with van der Waals surface area (Å²) in [5, 5.41) is 3.08. The molecule has 4 N–H and O–H groups in total. The first-order chi connectivity index (χ1) is 9.12. The summed E-state index contributed by atoms with van der Waals surface area (Å²) in [4.78, 5) is 19.5. The molecule has 0 saturated heterocycles. The minimum Gasteiger partial charge on any atom is -0.345 e. The lowest BCUT2D eigenvalue weighted by atomic mass is 9.95. The molecule has 1 aliphatic rings. The zero-order valence-electron chi connectivity index (χ0n) is 10.9. The predicted octanol–water partition coefficient (Wildman–Crippen LogP) is 1.42. The molecule has 1 amide bonds. The first kappa shape index (κ1) is 12.2. The number of hydrogen-bond acceptors (Lipinski definition) is 3. The number of nitrogens with two attached hydrogens (primary N) is 1. The predicted molar refractivity (Wildman–Crippen MR) is 73.7 cm³/mol. The minimum absolute atomic E-state index is 0.0728. The second-order valence-electron chi connectivity index (χ2n) is 5.48. The molecule has 1 aromatic carbocycles. The van der Waals surface area contributed by atoms with E-state index in [-0.39, 0.29) is 11.4 Å². The number of aromatic nitrogens is 2. The Kier molecular flexibility index (Phi) is 2.78. The van der Waals surface area contributed by atoms with Crippen LogP contribution in [-0.4, -0.2) is 28.0 Å². The molecule has 0 aliphatic heterocycles. The standard InChI is InChI=1S/C14H18N4O/c1-14(7-15,10-3-4-10)18-13(19)9-2-5-11-12(6-9)17-8-16-11/h2,5-6,8,10H,3-4,7,15H2,1H3,(H,16,17)(H,18,19).